The number of hydrogen-bond donors (Lipinski definition) is 1. The van der Waals surface area contributed by atoms with Crippen LogP contribution in [0.5, 0.6) is 0 Å². The maximum absolute atomic E-state index is 13.8. The zero-order valence-corrected chi connectivity index (χ0v) is 11.8. The van der Waals surface area contributed by atoms with Gasteiger partial charge in [-0.1, -0.05) is 11.6 Å². The van der Waals surface area contributed by atoms with E-state index in [1.54, 1.807) is 0 Å². The Labute approximate surface area is 117 Å². The third-order valence-electron chi connectivity index (χ3n) is 3.25. The van der Waals surface area contributed by atoms with Crippen molar-refractivity contribution < 1.29 is 13.2 Å². The van der Waals surface area contributed by atoms with Crippen molar-refractivity contribution in [3.63, 3.8) is 0 Å². The summed E-state index contributed by atoms with van der Waals surface area (Å²) in [5.74, 6) is -2.98. The van der Waals surface area contributed by atoms with E-state index in [9.17, 15) is 13.2 Å². The lowest BCUT2D eigenvalue weighted by Gasteiger charge is -2.23. The summed E-state index contributed by atoms with van der Waals surface area (Å²) in [6.07, 6.45) is 1.98. The third kappa shape index (κ3) is 2.68. The fourth-order valence-corrected chi connectivity index (χ4v) is 2.95. The average molecular weight is 343 g/mol. The van der Waals surface area contributed by atoms with E-state index in [0.29, 0.717) is 0 Å². The number of halogens is 5. The summed E-state index contributed by atoms with van der Waals surface area (Å²) < 4.78 is 40.3. The number of hydrogen-bond acceptors (Lipinski definition) is 1. The number of nitrogens with one attached hydrogen (secondary N) is 1. The molecule has 0 aliphatic carbocycles. The first-order chi connectivity index (χ1) is 8.52. The van der Waals surface area contributed by atoms with Crippen LogP contribution in [0.3, 0.4) is 0 Å². The Morgan fingerprint density at radius 2 is 1.72 bits per heavy atom. The van der Waals surface area contributed by atoms with Gasteiger partial charge in [0.05, 0.1) is 9.50 Å². The molecular weight excluding hydrogens is 330 g/mol. The summed E-state index contributed by atoms with van der Waals surface area (Å²) in [5.41, 5.74) is -0.0539. The largest absolute Gasteiger partial charge is 0.317 e. The SMILES string of the molecule is Fc1c(F)c(CC2CCNCC2)c(Cl)c(F)c1Br. The average Bonchev–Trinajstić information content (AvgIpc) is 2.40. The molecular formula is C12H12BrClF3N. The first-order valence-corrected chi connectivity index (χ1v) is 6.90. The highest BCUT2D eigenvalue weighted by atomic mass is 79.9. The fourth-order valence-electron chi connectivity index (χ4n) is 2.20. The van der Waals surface area contributed by atoms with E-state index < -0.39 is 21.9 Å². The van der Waals surface area contributed by atoms with Crippen LogP contribution >= 0.6 is 27.5 Å². The van der Waals surface area contributed by atoms with Gasteiger partial charge in [-0.2, -0.15) is 0 Å². The maximum Gasteiger partial charge on any atom is 0.176 e. The number of piperidine rings is 1. The van der Waals surface area contributed by atoms with Crippen molar-refractivity contribution in [3.05, 3.63) is 32.5 Å². The minimum absolute atomic E-state index is 0.0539. The lowest BCUT2D eigenvalue weighted by Crippen LogP contribution is -2.29. The van der Waals surface area contributed by atoms with Crippen LogP contribution in [0.25, 0.3) is 0 Å². The monoisotopic (exact) mass is 341 g/mol. The van der Waals surface area contributed by atoms with E-state index in [1.807, 2.05) is 0 Å². The van der Waals surface area contributed by atoms with Crippen molar-refractivity contribution in [3.8, 4) is 0 Å². The molecule has 1 heterocycles. The van der Waals surface area contributed by atoms with Crippen LogP contribution in [-0.2, 0) is 6.42 Å². The molecule has 0 amide bonds. The van der Waals surface area contributed by atoms with Crippen molar-refractivity contribution in [1.29, 1.82) is 0 Å². The van der Waals surface area contributed by atoms with E-state index in [-0.39, 0.29) is 22.9 Å². The molecule has 2 rings (SSSR count). The molecule has 0 spiro atoms. The predicted octanol–water partition coefficient (Wildman–Crippen LogP) is 4.06. The van der Waals surface area contributed by atoms with Gasteiger partial charge in [-0.05, 0) is 54.2 Å². The molecule has 1 aliphatic heterocycles. The Morgan fingerprint density at radius 1 is 1.11 bits per heavy atom. The minimum atomic E-state index is -1.21. The van der Waals surface area contributed by atoms with Crippen molar-refractivity contribution in [2.24, 2.45) is 5.92 Å². The molecule has 1 fully saturated rings. The van der Waals surface area contributed by atoms with Crippen LogP contribution in [0.1, 0.15) is 18.4 Å². The Morgan fingerprint density at radius 3 is 2.33 bits per heavy atom. The van der Waals surface area contributed by atoms with Crippen LogP contribution in [0.15, 0.2) is 4.47 Å². The standard InChI is InChI=1S/C12H12BrClF3N/c13-8-11(16)9(14)7(10(15)12(8)17)5-6-1-3-18-4-2-6/h6,18H,1-5H2. The maximum atomic E-state index is 13.8. The second-order valence-electron chi connectivity index (χ2n) is 4.45. The van der Waals surface area contributed by atoms with Gasteiger partial charge in [0.15, 0.2) is 17.5 Å². The van der Waals surface area contributed by atoms with E-state index in [2.05, 4.69) is 21.2 Å². The summed E-state index contributed by atoms with van der Waals surface area (Å²) in [7, 11) is 0. The highest BCUT2D eigenvalue weighted by molar-refractivity contribution is 9.10. The first kappa shape index (κ1) is 14.2. The molecule has 1 nitrogen and oxygen atoms in total. The van der Waals surface area contributed by atoms with E-state index >= 15 is 0 Å². The summed E-state index contributed by atoms with van der Waals surface area (Å²) in [5, 5.41) is 2.86. The molecule has 18 heavy (non-hydrogen) atoms. The molecule has 0 bridgehead atoms. The van der Waals surface area contributed by atoms with E-state index in [1.165, 1.54) is 0 Å². The molecule has 6 heteroatoms. The zero-order valence-electron chi connectivity index (χ0n) is 9.50. The van der Waals surface area contributed by atoms with Crippen LogP contribution < -0.4 is 5.32 Å². The lowest BCUT2D eigenvalue weighted by molar-refractivity contribution is 0.364. The van der Waals surface area contributed by atoms with Crippen LogP contribution in [0.4, 0.5) is 13.2 Å². The van der Waals surface area contributed by atoms with Crippen LogP contribution in [-0.4, -0.2) is 13.1 Å². The molecule has 0 atom stereocenters. The van der Waals surface area contributed by atoms with Gasteiger partial charge in [0.1, 0.15) is 0 Å². The van der Waals surface area contributed by atoms with Crippen molar-refractivity contribution in [2.75, 3.05) is 13.1 Å². The number of rotatable bonds is 2. The predicted molar refractivity (Wildman–Crippen MR) is 68.3 cm³/mol. The van der Waals surface area contributed by atoms with Gasteiger partial charge < -0.3 is 5.32 Å². The van der Waals surface area contributed by atoms with Crippen molar-refractivity contribution >= 4 is 27.5 Å². The second-order valence-corrected chi connectivity index (χ2v) is 5.62. The van der Waals surface area contributed by atoms with Crippen LogP contribution in [0, 0.1) is 23.4 Å². The minimum Gasteiger partial charge on any atom is -0.317 e. The topological polar surface area (TPSA) is 12.0 Å². The molecule has 1 aliphatic rings. The Hall–Kier alpha value is -0.260. The molecule has 1 saturated heterocycles. The second kappa shape index (κ2) is 5.80. The summed E-state index contributed by atoms with van der Waals surface area (Å²) >= 11 is 8.42. The van der Waals surface area contributed by atoms with E-state index in [0.717, 1.165) is 25.9 Å². The number of benzene rings is 1. The van der Waals surface area contributed by atoms with Gasteiger partial charge in [0.25, 0.3) is 0 Å². The summed E-state index contributed by atoms with van der Waals surface area (Å²) in [6.45, 7) is 1.68. The summed E-state index contributed by atoms with van der Waals surface area (Å²) in [4.78, 5) is 0. The van der Waals surface area contributed by atoms with Gasteiger partial charge >= 0.3 is 0 Å². The molecule has 1 N–H and O–H groups in total. The van der Waals surface area contributed by atoms with Gasteiger partial charge in [-0.15, -0.1) is 0 Å². The molecule has 0 aromatic heterocycles. The molecule has 1 aromatic rings. The summed E-state index contributed by atoms with van der Waals surface area (Å²) in [6, 6.07) is 0. The molecule has 0 saturated carbocycles. The normalized spacial score (nSPS) is 17.2. The van der Waals surface area contributed by atoms with Gasteiger partial charge in [-0.25, -0.2) is 13.2 Å². The molecule has 100 valence electrons. The highest BCUT2D eigenvalue weighted by Gasteiger charge is 2.25. The Bertz CT molecular complexity index is 432. The van der Waals surface area contributed by atoms with Crippen molar-refractivity contribution in [2.45, 2.75) is 19.3 Å². The van der Waals surface area contributed by atoms with Gasteiger partial charge in [0, 0.05) is 5.56 Å². The molecule has 0 unspecified atom stereocenters. The highest BCUT2D eigenvalue weighted by Crippen LogP contribution is 2.34. The lowest BCUT2D eigenvalue weighted by atomic mass is 9.90. The smallest absolute Gasteiger partial charge is 0.176 e. The van der Waals surface area contributed by atoms with Crippen molar-refractivity contribution in [1.82, 2.24) is 5.32 Å². The third-order valence-corrected chi connectivity index (χ3v) is 4.34. The van der Waals surface area contributed by atoms with Crippen LogP contribution in [0.2, 0.25) is 5.02 Å². The van der Waals surface area contributed by atoms with E-state index in [4.69, 9.17) is 11.6 Å². The molecule has 0 radical (unpaired) electrons. The Balaban J connectivity index is 2.32. The van der Waals surface area contributed by atoms with Gasteiger partial charge in [-0.3, -0.25) is 0 Å². The zero-order chi connectivity index (χ0) is 13.3. The first-order valence-electron chi connectivity index (χ1n) is 5.73. The Kier molecular flexibility index (Phi) is 4.56. The fraction of sp³-hybridized carbons (Fsp3) is 0.500. The van der Waals surface area contributed by atoms with Gasteiger partial charge in [0.2, 0.25) is 0 Å². The quantitative estimate of drug-likeness (QED) is 0.631. The molecule has 1 aromatic carbocycles.